The smallest absolute Gasteiger partial charge is 0.339 e. The van der Waals surface area contributed by atoms with Crippen LogP contribution in [0.25, 0.3) is 0 Å². The number of aryl methyl sites for hydroxylation is 1. The second kappa shape index (κ2) is 6.00. The van der Waals surface area contributed by atoms with Crippen LogP contribution < -0.4 is 4.72 Å². The summed E-state index contributed by atoms with van der Waals surface area (Å²) in [4.78, 5) is 10.8. The number of nitrogens with one attached hydrogen (secondary N) is 1. The SMILES string of the molecule is Cc1cc(O)c(C(=O)O)cc1S(=O)(=O)NC(C)(C)CCO. The van der Waals surface area contributed by atoms with Gasteiger partial charge in [-0.1, -0.05) is 0 Å². The molecule has 0 spiro atoms. The number of aromatic hydroxyl groups is 1. The molecule has 1 rings (SSSR count). The van der Waals surface area contributed by atoms with Gasteiger partial charge in [0.15, 0.2) is 0 Å². The maximum Gasteiger partial charge on any atom is 0.339 e. The molecule has 118 valence electrons. The molecule has 0 bridgehead atoms. The van der Waals surface area contributed by atoms with E-state index in [0.29, 0.717) is 0 Å². The number of carboxylic acid groups (broad SMARTS) is 1. The highest BCUT2D eigenvalue weighted by Crippen LogP contribution is 2.26. The number of aliphatic hydroxyl groups excluding tert-OH is 1. The summed E-state index contributed by atoms with van der Waals surface area (Å²) in [5, 5.41) is 27.4. The van der Waals surface area contributed by atoms with Crippen molar-refractivity contribution in [3.63, 3.8) is 0 Å². The van der Waals surface area contributed by atoms with Crippen molar-refractivity contribution in [1.82, 2.24) is 4.72 Å². The van der Waals surface area contributed by atoms with Gasteiger partial charge >= 0.3 is 5.97 Å². The summed E-state index contributed by atoms with van der Waals surface area (Å²) in [7, 11) is -3.98. The van der Waals surface area contributed by atoms with Crippen LogP contribution in [0.2, 0.25) is 0 Å². The number of hydrogen-bond donors (Lipinski definition) is 4. The monoisotopic (exact) mass is 317 g/mol. The number of sulfonamides is 1. The lowest BCUT2D eigenvalue weighted by molar-refractivity contribution is 0.0693. The molecule has 0 radical (unpaired) electrons. The largest absolute Gasteiger partial charge is 0.507 e. The fourth-order valence-electron chi connectivity index (χ4n) is 1.88. The molecule has 0 heterocycles. The average molecular weight is 317 g/mol. The number of carbonyl (C=O) groups is 1. The Balaban J connectivity index is 3.32. The van der Waals surface area contributed by atoms with E-state index in [0.717, 1.165) is 12.1 Å². The third-order valence-electron chi connectivity index (χ3n) is 2.96. The predicted molar refractivity (Wildman–Crippen MR) is 75.9 cm³/mol. The van der Waals surface area contributed by atoms with Crippen LogP contribution in [0.3, 0.4) is 0 Å². The summed E-state index contributed by atoms with van der Waals surface area (Å²) in [6.45, 7) is 4.48. The first-order valence-electron chi connectivity index (χ1n) is 6.22. The van der Waals surface area contributed by atoms with Gasteiger partial charge in [0.2, 0.25) is 10.0 Å². The molecule has 0 amide bonds. The van der Waals surface area contributed by atoms with Crippen molar-refractivity contribution in [2.24, 2.45) is 0 Å². The zero-order valence-corrected chi connectivity index (χ0v) is 12.9. The molecule has 7 nitrogen and oxygen atoms in total. The van der Waals surface area contributed by atoms with E-state index in [4.69, 9.17) is 10.2 Å². The Morgan fingerprint density at radius 1 is 1.33 bits per heavy atom. The molecular weight excluding hydrogens is 298 g/mol. The van der Waals surface area contributed by atoms with E-state index >= 15 is 0 Å². The van der Waals surface area contributed by atoms with Crippen molar-refractivity contribution < 1.29 is 28.5 Å². The Bertz CT molecular complexity index is 651. The lowest BCUT2D eigenvalue weighted by Crippen LogP contribution is -2.44. The minimum atomic E-state index is -3.98. The van der Waals surface area contributed by atoms with E-state index in [9.17, 15) is 18.3 Å². The molecular formula is C13H19NO6S. The number of hydrogen-bond acceptors (Lipinski definition) is 5. The van der Waals surface area contributed by atoms with Gasteiger partial charge in [-0.3, -0.25) is 0 Å². The molecule has 0 aliphatic rings. The van der Waals surface area contributed by atoms with E-state index < -0.39 is 32.8 Å². The zero-order valence-electron chi connectivity index (χ0n) is 12.0. The molecule has 8 heteroatoms. The Labute approximate surface area is 123 Å². The van der Waals surface area contributed by atoms with Gasteiger partial charge in [-0.05, 0) is 44.9 Å². The topological polar surface area (TPSA) is 124 Å². The van der Waals surface area contributed by atoms with E-state index in [2.05, 4.69) is 4.72 Å². The van der Waals surface area contributed by atoms with Crippen LogP contribution in [0.1, 0.15) is 36.2 Å². The molecule has 1 aromatic carbocycles. The normalized spacial score (nSPS) is 12.4. The first-order valence-corrected chi connectivity index (χ1v) is 7.70. The predicted octanol–water partition coefficient (Wildman–Crippen LogP) is 0.838. The van der Waals surface area contributed by atoms with Crippen molar-refractivity contribution in [2.45, 2.75) is 37.6 Å². The van der Waals surface area contributed by atoms with Crippen LogP contribution in [-0.4, -0.2) is 41.9 Å². The summed E-state index contributed by atoms with van der Waals surface area (Å²) < 4.78 is 27.1. The summed E-state index contributed by atoms with van der Waals surface area (Å²) in [6, 6.07) is 2.02. The second-order valence-electron chi connectivity index (χ2n) is 5.40. The van der Waals surface area contributed by atoms with Gasteiger partial charge in [0.1, 0.15) is 11.3 Å². The molecule has 0 aliphatic heterocycles. The number of rotatable bonds is 6. The Kier molecular flexibility index (Phi) is 4.98. The first-order chi connectivity index (χ1) is 9.50. The van der Waals surface area contributed by atoms with E-state index in [1.807, 2.05) is 0 Å². The minimum absolute atomic E-state index is 0.190. The number of carboxylic acids is 1. The minimum Gasteiger partial charge on any atom is -0.507 e. The highest BCUT2D eigenvalue weighted by molar-refractivity contribution is 7.89. The van der Waals surface area contributed by atoms with Crippen molar-refractivity contribution >= 4 is 16.0 Å². The maximum atomic E-state index is 12.4. The molecule has 0 unspecified atom stereocenters. The third kappa shape index (κ3) is 4.16. The molecule has 21 heavy (non-hydrogen) atoms. The molecule has 0 saturated carbocycles. The summed E-state index contributed by atoms with van der Waals surface area (Å²) in [5.41, 5.74) is -1.15. The van der Waals surface area contributed by atoms with Crippen molar-refractivity contribution in [3.05, 3.63) is 23.3 Å². The first kappa shape index (κ1) is 17.4. The molecule has 1 aromatic rings. The highest BCUT2D eigenvalue weighted by Gasteiger charge is 2.28. The van der Waals surface area contributed by atoms with Crippen LogP contribution in [0.15, 0.2) is 17.0 Å². The Morgan fingerprint density at radius 2 is 1.90 bits per heavy atom. The summed E-state index contributed by atoms with van der Waals surface area (Å²) in [6.07, 6.45) is 0.204. The number of aromatic carboxylic acids is 1. The third-order valence-corrected chi connectivity index (χ3v) is 4.80. The number of phenols is 1. The standard InChI is InChI=1S/C13H19NO6S/c1-8-6-10(16)9(12(17)18)7-11(8)21(19,20)14-13(2,3)4-5-15/h6-7,14-16H,4-5H2,1-3H3,(H,17,18). The van der Waals surface area contributed by atoms with Gasteiger partial charge in [0, 0.05) is 12.1 Å². The van der Waals surface area contributed by atoms with Crippen LogP contribution in [0.4, 0.5) is 0 Å². The van der Waals surface area contributed by atoms with Crippen molar-refractivity contribution in [2.75, 3.05) is 6.61 Å². The van der Waals surface area contributed by atoms with Gasteiger partial charge in [-0.2, -0.15) is 0 Å². The van der Waals surface area contributed by atoms with Gasteiger partial charge < -0.3 is 15.3 Å². The van der Waals surface area contributed by atoms with Gasteiger partial charge in [0.25, 0.3) is 0 Å². The van der Waals surface area contributed by atoms with Crippen LogP contribution in [0.5, 0.6) is 5.75 Å². The van der Waals surface area contributed by atoms with E-state index in [1.54, 1.807) is 13.8 Å². The summed E-state index contributed by atoms with van der Waals surface area (Å²) >= 11 is 0. The molecule has 4 N–H and O–H groups in total. The maximum absolute atomic E-state index is 12.4. The Morgan fingerprint density at radius 3 is 2.38 bits per heavy atom. The lowest BCUT2D eigenvalue weighted by Gasteiger charge is -2.25. The van der Waals surface area contributed by atoms with Crippen LogP contribution >= 0.6 is 0 Å². The van der Waals surface area contributed by atoms with E-state index in [1.165, 1.54) is 6.92 Å². The van der Waals surface area contributed by atoms with Crippen LogP contribution in [0, 0.1) is 6.92 Å². The molecule has 0 fully saturated rings. The van der Waals surface area contributed by atoms with Gasteiger partial charge in [0.05, 0.1) is 4.90 Å². The highest BCUT2D eigenvalue weighted by atomic mass is 32.2. The zero-order chi connectivity index (χ0) is 16.4. The molecule has 0 saturated heterocycles. The van der Waals surface area contributed by atoms with E-state index in [-0.39, 0.29) is 23.5 Å². The van der Waals surface area contributed by atoms with Crippen molar-refractivity contribution in [1.29, 1.82) is 0 Å². The van der Waals surface area contributed by atoms with Gasteiger partial charge in [-0.15, -0.1) is 0 Å². The fourth-order valence-corrected chi connectivity index (χ4v) is 3.58. The number of aliphatic hydroxyl groups is 1. The Hall–Kier alpha value is -1.64. The molecule has 0 aliphatic carbocycles. The fraction of sp³-hybridized carbons (Fsp3) is 0.462. The summed E-state index contributed by atoms with van der Waals surface area (Å²) in [5.74, 6) is -1.91. The molecule has 0 atom stereocenters. The lowest BCUT2D eigenvalue weighted by atomic mass is 10.0. The second-order valence-corrected chi connectivity index (χ2v) is 7.05. The van der Waals surface area contributed by atoms with Crippen LogP contribution in [-0.2, 0) is 10.0 Å². The number of benzene rings is 1. The molecule has 0 aromatic heterocycles. The quantitative estimate of drug-likeness (QED) is 0.616. The average Bonchev–Trinajstić information content (AvgIpc) is 2.25. The van der Waals surface area contributed by atoms with Gasteiger partial charge in [-0.25, -0.2) is 17.9 Å². The van der Waals surface area contributed by atoms with Crippen molar-refractivity contribution in [3.8, 4) is 5.75 Å².